The molecule has 0 aliphatic heterocycles. The third kappa shape index (κ3) is 6.58. The van der Waals surface area contributed by atoms with Crippen LogP contribution in [0.5, 0.6) is 0 Å². The van der Waals surface area contributed by atoms with Crippen molar-refractivity contribution in [1.29, 1.82) is 0 Å². The first-order valence-electron chi connectivity index (χ1n) is 8.37. The smallest absolute Gasteiger partial charge is 0.306 e. The first-order valence-corrected chi connectivity index (χ1v) is 8.37. The molecule has 0 heterocycles. The Hall–Kier alpha value is -1.39. The van der Waals surface area contributed by atoms with Gasteiger partial charge in [0.1, 0.15) is 12.2 Å². The lowest BCUT2D eigenvalue weighted by molar-refractivity contribution is -0.170. The van der Waals surface area contributed by atoms with E-state index in [0.29, 0.717) is 32.1 Å². The van der Waals surface area contributed by atoms with Crippen LogP contribution in [0.25, 0.3) is 0 Å². The maximum Gasteiger partial charge on any atom is 0.306 e. The number of carbonyl (C=O) groups excluding carboxylic acids is 3. The molecule has 5 heteroatoms. The molecule has 1 aliphatic rings. The third-order valence-corrected chi connectivity index (χ3v) is 3.90. The van der Waals surface area contributed by atoms with Crippen LogP contribution >= 0.6 is 0 Å². The minimum atomic E-state index is -0.448. The maximum absolute atomic E-state index is 11.8. The molecule has 22 heavy (non-hydrogen) atoms. The Kier molecular flexibility index (Phi) is 8.78. The highest BCUT2D eigenvalue weighted by Gasteiger charge is 2.31. The van der Waals surface area contributed by atoms with Crippen LogP contribution in [0, 0.1) is 5.92 Å². The molecule has 0 spiro atoms. The monoisotopic (exact) mass is 311 g/mol. The van der Waals surface area contributed by atoms with Crippen molar-refractivity contribution < 1.29 is 23.9 Å². The van der Waals surface area contributed by atoms with Crippen molar-refractivity contribution in [2.45, 2.75) is 83.8 Å². The number of esters is 2. The van der Waals surface area contributed by atoms with Crippen LogP contribution in [0.3, 0.4) is 0 Å². The minimum absolute atomic E-state index is 0.111. The van der Waals surface area contributed by atoms with E-state index in [2.05, 4.69) is 0 Å². The van der Waals surface area contributed by atoms with Crippen LogP contribution in [-0.4, -0.2) is 30.4 Å². The van der Waals surface area contributed by atoms with Crippen molar-refractivity contribution in [3.8, 4) is 0 Å². The zero-order chi connectivity index (χ0) is 16.4. The van der Waals surface area contributed by atoms with Gasteiger partial charge in [-0.2, -0.15) is 0 Å². The topological polar surface area (TPSA) is 69.7 Å². The Bertz CT molecular complexity index is 366. The van der Waals surface area contributed by atoms with Gasteiger partial charge in [0.25, 0.3) is 0 Å². The Balaban J connectivity index is 2.70. The second kappa shape index (κ2) is 10.4. The summed E-state index contributed by atoms with van der Waals surface area (Å²) in [6.45, 7) is 3.83. The SMILES string of the molecule is CCCC(=O)OC1CCCC([C]=O)CCC1OC(=O)CCC. The number of hydrogen-bond acceptors (Lipinski definition) is 5. The molecule has 1 fully saturated rings. The van der Waals surface area contributed by atoms with Gasteiger partial charge in [-0.05, 0) is 44.9 Å². The zero-order valence-electron chi connectivity index (χ0n) is 13.6. The Labute approximate surface area is 132 Å². The van der Waals surface area contributed by atoms with E-state index in [-0.39, 0.29) is 17.9 Å². The van der Waals surface area contributed by atoms with Gasteiger partial charge < -0.3 is 9.47 Å². The zero-order valence-corrected chi connectivity index (χ0v) is 13.6. The molecule has 0 aromatic rings. The van der Waals surface area contributed by atoms with Crippen molar-refractivity contribution in [3.05, 3.63) is 0 Å². The van der Waals surface area contributed by atoms with E-state index in [9.17, 15) is 14.4 Å². The summed E-state index contributed by atoms with van der Waals surface area (Å²) in [7, 11) is 0. The van der Waals surface area contributed by atoms with Crippen molar-refractivity contribution >= 4 is 18.2 Å². The van der Waals surface area contributed by atoms with E-state index >= 15 is 0 Å². The van der Waals surface area contributed by atoms with Crippen molar-refractivity contribution in [1.82, 2.24) is 0 Å². The molecule has 0 N–H and O–H groups in total. The van der Waals surface area contributed by atoms with E-state index in [1.54, 1.807) is 0 Å². The highest BCUT2D eigenvalue weighted by atomic mass is 16.6. The summed E-state index contributed by atoms with van der Waals surface area (Å²) in [5.74, 6) is -0.626. The average Bonchev–Trinajstić information content (AvgIpc) is 2.46. The van der Waals surface area contributed by atoms with Crippen LogP contribution in [0.2, 0.25) is 0 Å². The predicted molar refractivity (Wildman–Crippen MR) is 81.8 cm³/mol. The fraction of sp³-hybridized carbons (Fsp3) is 0.824. The van der Waals surface area contributed by atoms with Crippen LogP contribution in [0.1, 0.15) is 71.6 Å². The minimum Gasteiger partial charge on any atom is -0.458 e. The molecule has 3 atom stereocenters. The Morgan fingerprint density at radius 2 is 1.45 bits per heavy atom. The number of ether oxygens (including phenoxy) is 2. The number of rotatable bonds is 7. The van der Waals surface area contributed by atoms with E-state index in [1.807, 2.05) is 20.1 Å². The van der Waals surface area contributed by atoms with Gasteiger partial charge in [-0.1, -0.05) is 13.8 Å². The lowest BCUT2D eigenvalue weighted by Crippen LogP contribution is -2.37. The van der Waals surface area contributed by atoms with Crippen molar-refractivity contribution in [3.63, 3.8) is 0 Å². The highest BCUT2D eigenvalue weighted by molar-refractivity contribution is 5.70. The van der Waals surface area contributed by atoms with Gasteiger partial charge in [0.05, 0.1) is 0 Å². The normalized spacial score (nSPS) is 25.6. The first kappa shape index (κ1) is 18.7. The molecule has 125 valence electrons. The molecular weight excluding hydrogens is 284 g/mol. The largest absolute Gasteiger partial charge is 0.458 e. The average molecular weight is 311 g/mol. The van der Waals surface area contributed by atoms with Gasteiger partial charge in [-0.15, -0.1) is 0 Å². The molecular formula is C17H27O5. The Morgan fingerprint density at radius 1 is 0.909 bits per heavy atom. The van der Waals surface area contributed by atoms with Gasteiger partial charge in [0, 0.05) is 18.8 Å². The van der Waals surface area contributed by atoms with Gasteiger partial charge in [0.2, 0.25) is 6.29 Å². The third-order valence-electron chi connectivity index (χ3n) is 3.90. The summed E-state index contributed by atoms with van der Waals surface area (Å²) in [4.78, 5) is 34.4. The quantitative estimate of drug-likeness (QED) is 0.676. The molecule has 0 bridgehead atoms. The van der Waals surface area contributed by atoms with Crippen molar-refractivity contribution in [2.75, 3.05) is 0 Å². The molecule has 0 aromatic carbocycles. The van der Waals surface area contributed by atoms with Gasteiger partial charge >= 0.3 is 11.9 Å². The summed E-state index contributed by atoms with van der Waals surface area (Å²) in [5, 5.41) is 0. The Morgan fingerprint density at radius 3 is 1.95 bits per heavy atom. The lowest BCUT2D eigenvalue weighted by atomic mass is 9.89. The first-order chi connectivity index (χ1) is 10.6. The van der Waals surface area contributed by atoms with E-state index in [4.69, 9.17) is 9.47 Å². The van der Waals surface area contributed by atoms with Gasteiger partial charge in [-0.25, -0.2) is 0 Å². The molecule has 1 saturated carbocycles. The molecule has 0 saturated heterocycles. The fourth-order valence-electron chi connectivity index (χ4n) is 2.70. The van der Waals surface area contributed by atoms with E-state index in [1.165, 1.54) is 0 Å². The van der Waals surface area contributed by atoms with Crippen LogP contribution < -0.4 is 0 Å². The summed E-state index contributed by atoms with van der Waals surface area (Å²) in [5.41, 5.74) is 0. The summed E-state index contributed by atoms with van der Waals surface area (Å²) < 4.78 is 11.0. The molecule has 0 aromatic heterocycles. The standard InChI is InChI=1S/C17H27O5/c1-3-6-16(19)21-14-9-5-8-13(12-18)10-11-15(14)22-17(20)7-4-2/h13-15H,3-11H2,1-2H3. The van der Waals surface area contributed by atoms with Crippen LogP contribution in [0.4, 0.5) is 0 Å². The summed E-state index contributed by atoms with van der Waals surface area (Å²) in [6.07, 6.45) is 6.69. The van der Waals surface area contributed by atoms with Crippen LogP contribution in [0.15, 0.2) is 0 Å². The summed E-state index contributed by atoms with van der Waals surface area (Å²) >= 11 is 0. The van der Waals surface area contributed by atoms with E-state index in [0.717, 1.165) is 25.7 Å². The summed E-state index contributed by atoms with van der Waals surface area (Å²) in [6, 6.07) is 0. The van der Waals surface area contributed by atoms with Crippen LogP contribution in [-0.2, 0) is 23.9 Å². The van der Waals surface area contributed by atoms with Gasteiger partial charge in [0.15, 0.2) is 0 Å². The molecule has 1 radical (unpaired) electrons. The molecule has 1 rings (SSSR count). The van der Waals surface area contributed by atoms with E-state index < -0.39 is 12.2 Å². The maximum atomic E-state index is 11.8. The molecule has 5 nitrogen and oxygen atoms in total. The molecule has 1 aliphatic carbocycles. The second-order valence-corrected chi connectivity index (χ2v) is 5.88. The second-order valence-electron chi connectivity index (χ2n) is 5.88. The number of carbonyl (C=O) groups is 2. The molecule has 3 unspecified atom stereocenters. The highest BCUT2D eigenvalue weighted by Crippen LogP contribution is 2.26. The van der Waals surface area contributed by atoms with Gasteiger partial charge in [-0.3, -0.25) is 14.4 Å². The van der Waals surface area contributed by atoms with Crippen molar-refractivity contribution in [2.24, 2.45) is 5.92 Å². The predicted octanol–water partition coefficient (Wildman–Crippen LogP) is 3.10. The fourth-order valence-corrected chi connectivity index (χ4v) is 2.70. The number of hydrogen-bond donors (Lipinski definition) is 0. The lowest BCUT2D eigenvalue weighted by Gasteiger charge is -2.30. The molecule has 0 amide bonds.